The lowest BCUT2D eigenvalue weighted by atomic mass is 10.1. The molecule has 2 rings (SSSR count). The molecule has 1 amide bonds. The molecule has 0 aliphatic carbocycles. The molecule has 2 N–H and O–H groups in total. The SMILES string of the molecule is CCNS(=O)(=O)c1ccc(C)c(C(=O)Nc2ccc(F)c(Cl)c2)c1. The molecule has 0 atom stereocenters. The lowest BCUT2D eigenvalue weighted by Crippen LogP contribution is -2.24. The van der Waals surface area contributed by atoms with Gasteiger partial charge in [0.05, 0.1) is 9.92 Å². The Hall–Kier alpha value is -1.96. The second-order valence-corrected chi connectivity index (χ2v) is 7.24. The van der Waals surface area contributed by atoms with E-state index in [2.05, 4.69) is 10.0 Å². The van der Waals surface area contributed by atoms with Gasteiger partial charge in [-0.1, -0.05) is 24.6 Å². The number of carbonyl (C=O) groups is 1. The summed E-state index contributed by atoms with van der Waals surface area (Å²) in [5.74, 6) is -1.10. The van der Waals surface area contributed by atoms with E-state index in [1.165, 1.54) is 24.3 Å². The number of amides is 1. The quantitative estimate of drug-likeness (QED) is 0.847. The average molecular weight is 371 g/mol. The first kappa shape index (κ1) is 18.4. The number of sulfonamides is 1. The van der Waals surface area contributed by atoms with Crippen LogP contribution in [0, 0.1) is 12.7 Å². The fourth-order valence-corrected chi connectivity index (χ4v) is 3.31. The molecule has 0 bridgehead atoms. The van der Waals surface area contributed by atoms with E-state index >= 15 is 0 Å². The van der Waals surface area contributed by atoms with Gasteiger partial charge in [0.25, 0.3) is 5.91 Å². The maximum Gasteiger partial charge on any atom is 0.255 e. The van der Waals surface area contributed by atoms with E-state index in [1.54, 1.807) is 19.9 Å². The molecule has 24 heavy (non-hydrogen) atoms. The van der Waals surface area contributed by atoms with Crippen molar-refractivity contribution < 1.29 is 17.6 Å². The van der Waals surface area contributed by atoms with Gasteiger partial charge < -0.3 is 5.32 Å². The summed E-state index contributed by atoms with van der Waals surface area (Å²) in [6, 6.07) is 8.07. The van der Waals surface area contributed by atoms with Crippen molar-refractivity contribution in [2.75, 3.05) is 11.9 Å². The first-order valence-corrected chi connectivity index (χ1v) is 8.97. The summed E-state index contributed by atoms with van der Waals surface area (Å²) in [5, 5.41) is 2.45. The van der Waals surface area contributed by atoms with Gasteiger partial charge in [0.15, 0.2) is 0 Å². The average Bonchev–Trinajstić information content (AvgIpc) is 2.51. The first-order chi connectivity index (χ1) is 11.2. The molecule has 0 saturated carbocycles. The molecule has 0 aliphatic heterocycles. The molecular formula is C16H16ClFN2O3S. The molecule has 0 spiro atoms. The van der Waals surface area contributed by atoms with E-state index < -0.39 is 21.7 Å². The van der Waals surface area contributed by atoms with Gasteiger partial charge in [-0.05, 0) is 42.8 Å². The second kappa shape index (κ2) is 7.29. The standard InChI is InChI=1S/C16H16ClFN2O3S/c1-3-19-24(22,23)12-6-4-10(2)13(9-12)16(21)20-11-5-7-15(18)14(17)8-11/h4-9,19H,3H2,1-2H3,(H,20,21). The van der Waals surface area contributed by atoms with Gasteiger partial charge in [-0.3, -0.25) is 4.79 Å². The Morgan fingerprint density at radius 1 is 1.21 bits per heavy atom. The van der Waals surface area contributed by atoms with Crippen molar-refractivity contribution in [1.82, 2.24) is 4.72 Å². The minimum absolute atomic E-state index is 0.00256. The predicted molar refractivity (Wildman–Crippen MR) is 91.4 cm³/mol. The molecule has 2 aromatic rings. The summed E-state index contributed by atoms with van der Waals surface area (Å²) in [5.41, 5.74) is 1.12. The van der Waals surface area contributed by atoms with Gasteiger partial charge >= 0.3 is 0 Å². The van der Waals surface area contributed by atoms with Crippen molar-refractivity contribution >= 4 is 33.2 Å². The number of hydrogen-bond acceptors (Lipinski definition) is 3. The van der Waals surface area contributed by atoms with Crippen molar-refractivity contribution in [2.45, 2.75) is 18.7 Å². The molecule has 0 saturated heterocycles. The van der Waals surface area contributed by atoms with Gasteiger partial charge in [-0.25, -0.2) is 17.5 Å². The topological polar surface area (TPSA) is 75.3 Å². The maximum absolute atomic E-state index is 13.2. The Labute approximate surface area is 144 Å². The van der Waals surface area contributed by atoms with Crippen LogP contribution in [0.3, 0.4) is 0 Å². The molecule has 5 nitrogen and oxygen atoms in total. The Balaban J connectivity index is 2.33. The zero-order valence-electron chi connectivity index (χ0n) is 13.1. The van der Waals surface area contributed by atoms with Crippen molar-refractivity contribution in [2.24, 2.45) is 0 Å². The molecule has 0 radical (unpaired) electrons. The van der Waals surface area contributed by atoms with Crippen LogP contribution in [0.1, 0.15) is 22.8 Å². The fraction of sp³-hybridized carbons (Fsp3) is 0.188. The van der Waals surface area contributed by atoms with E-state index in [0.29, 0.717) is 11.3 Å². The number of anilines is 1. The molecule has 0 aromatic heterocycles. The van der Waals surface area contributed by atoms with Gasteiger partial charge in [0.1, 0.15) is 5.82 Å². The van der Waals surface area contributed by atoms with E-state index in [4.69, 9.17) is 11.6 Å². The zero-order valence-corrected chi connectivity index (χ0v) is 14.6. The minimum Gasteiger partial charge on any atom is -0.322 e. The van der Waals surface area contributed by atoms with Gasteiger partial charge in [0, 0.05) is 17.8 Å². The van der Waals surface area contributed by atoms with Crippen molar-refractivity contribution in [3.8, 4) is 0 Å². The summed E-state index contributed by atoms with van der Waals surface area (Å²) in [6.07, 6.45) is 0. The highest BCUT2D eigenvalue weighted by Crippen LogP contribution is 2.21. The smallest absolute Gasteiger partial charge is 0.255 e. The number of halogens is 2. The third-order valence-corrected chi connectivity index (χ3v) is 5.11. The molecular weight excluding hydrogens is 355 g/mol. The lowest BCUT2D eigenvalue weighted by Gasteiger charge is -2.11. The third kappa shape index (κ3) is 4.11. The Kier molecular flexibility index (Phi) is 5.58. The number of carbonyl (C=O) groups excluding carboxylic acids is 1. The van der Waals surface area contributed by atoms with Crippen molar-refractivity contribution in [3.05, 3.63) is 58.4 Å². The zero-order chi connectivity index (χ0) is 17.9. The van der Waals surface area contributed by atoms with E-state index in [-0.39, 0.29) is 22.0 Å². The number of rotatable bonds is 5. The van der Waals surface area contributed by atoms with Crippen LogP contribution in [0.25, 0.3) is 0 Å². The van der Waals surface area contributed by atoms with Gasteiger partial charge in [-0.15, -0.1) is 0 Å². The Bertz CT molecular complexity index is 885. The van der Waals surface area contributed by atoms with E-state index in [0.717, 1.165) is 6.07 Å². The monoisotopic (exact) mass is 370 g/mol. The van der Waals surface area contributed by atoms with Crippen LogP contribution in [0.2, 0.25) is 5.02 Å². The molecule has 0 aliphatic rings. The van der Waals surface area contributed by atoms with Crippen LogP contribution in [-0.4, -0.2) is 20.9 Å². The maximum atomic E-state index is 13.2. The Morgan fingerprint density at radius 2 is 1.92 bits per heavy atom. The highest BCUT2D eigenvalue weighted by Gasteiger charge is 2.17. The van der Waals surface area contributed by atoms with Crippen molar-refractivity contribution in [1.29, 1.82) is 0 Å². The number of nitrogens with one attached hydrogen (secondary N) is 2. The number of hydrogen-bond donors (Lipinski definition) is 2. The molecule has 0 unspecified atom stereocenters. The summed E-state index contributed by atoms with van der Waals surface area (Å²) in [7, 11) is -3.67. The molecule has 8 heteroatoms. The molecule has 0 fully saturated rings. The summed E-state index contributed by atoms with van der Waals surface area (Å²) < 4.78 is 39.6. The van der Waals surface area contributed by atoms with Crippen LogP contribution >= 0.6 is 11.6 Å². The van der Waals surface area contributed by atoms with Crippen LogP contribution in [-0.2, 0) is 10.0 Å². The van der Waals surface area contributed by atoms with Crippen LogP contribution in [0.5, 0.6) is 0 Å². The second-order valence-electron chi connectivity index (χ2n) is 5.06. The summed E-state index contributed by atoms with van der Waals surface area (Å²) in [6.45, 7) is 3.60. The fourth-order valence-electron chi connectivity index (χ4n) is 2.06. The highest BCUT2D eigenvalue weighted by molar-refractivity contribution is 7.89. The molecule has 0 heterocycles. The summed E-state index contributed by atoms with van der Waals surface area (Å²) in [4.78, 5) is 12.4. The predicted octanol–water partition coefficient (Wildman–Crippen LogP) is 3.34. The van der Waals surface area contributed by atoms with Crippen LogP contribution < -0.4 is 10.0 Å². The largest absolute Gasteiger partial charge is 0.322 e. The van der Waals surface area contributed by atoms with E-state index in [9.17, 15) is 17.6 Å². The first-order valence-electron chi connectivity index (χ1n) is 7.11. The normalized spacial score (nSPS) is 11.3. The minimum atomic E-state index is -3.67. The van der Waals surface area contributed by atoms with Gasteiger partial charge in [0.2, 0.25) is 10.0 Å². The van der Waals surface area contributed by atoms with Crippen LogP contribution in [0.4, 0.5) is 10.1 Å². The highest BCUT2D eigenvalue weighted by atomic mass is 35.5. The lowest BCUT2D eigenvalue weighted by molar-refractivity contribution is 0.102. The molecule has 2 aromatic carbocycles. The third-order valence-electron chi connectivity index (χ3n) is 3.28. The number of aryl methyl sites for hydroxylation is 1. The molecule has 128 valence electrons. The van der Waals surface area contributed by atoms with Crippen LogP contribution in [0.15, 0.2) is 41.3 Å². The van der Waals surface area contributed by atoms with Crippen molar-refractivity contribution in [3.63, 3.8) is 0 Å². The Morgan fingerprint density at radius 3 is 2.54 bits per heavy atom. The summed E-state index contributed by atoms with van der Waals surface area (Å²) >= 11 is 5.68. The van der Waals surface area contributed by atoms with E-state index in [1.807, 2.05) is 0 Å². The van der Waals surface area contributed by atoms with Gasteiger partial charge in [-0.2, -0.15) is 0 Å². The number of benzene rings is 2.